The molecule has 3 rings (SSSR count). The van der Waals surface area contributed by atoms with Crippen molar-refractivity contribution >= 4 is 5.91 Å². The number of fused-ring (bicyclic) bond motifs is 2. The monoisotopic (exact) mass is 276 g/mol. The van der Waals surface area contributed by atoms with Gasteiger partial charge < -0.3 is 10.2 Å². The molecule has 2 aliphatic heterocycles. The van der Waals surface area contributed by atoms with Crippen molar-refractivity contribution in [2.75, 3.05) is 7.05 Å². The first-order chi connectivity index (χ1) is 9.47. The van der Waals surface area contributed by atoms with Gasteiger partial charge in [0.15, 0.2) is 0 Å². The molecule has 1 aromatic heterocycles. The summed E-state index contributed by atoms with van der Waals surface area (Å²) in [6.45, 7) is 3.88. The SMILES string of the molecule is Cc1nn(C)c(C)c1C(=O)N(C)C1CC2CCC(C1)N2. The average molecular weight is 276 g/mol. The van der Waals surface area contributed by atoms with Crippen molar-refractivity contribution in [3.63, 3.8) is 0 Å². The van der Waals surface area contributed by atoms with Crippen LogP contribution in [0, 0.1) is 13.8 Å². The van der Waals surface area contributed by atoms with Crippen LogP contribution in [0.15, 0.2) is 0 Å². The summed E-state index contributed by atoms with van der Waals surface area (Å²) < 4.78 is 1.79. The van der Waals surface area contributed by atoms with Crippen molar-refractivity contribution in [3.05, 3.63) is 17.0 Å². The summed E-state index contributed by atoms with van der Waals surface area (Å²) >= 11 is 0. The second kappa shape index (κ2) is 4.88. The van der Waals surface area contributed by atoms with Gasteiger partial charge in [-0.15, -0.1) is 0 Å². The molecule has 5 heteroatoms. The Morgan fingerprint density at radius 1 is 1.30 bits per heavy atom. The van der Waals surface area contributed by atoms with Crippen LogP contribution < -0.4 is 5.32 Å². The number of rotatable bonds is 2. The van der Waals surface area contributed by atoms with Crippen LogP contribution in [-0.2, 0) is 7.05 Å². The molecule has 2 atom stereocenters. The van der Waals surface area contributed by atoms with Crippen LogP contribution in [0.1, 0.15) is 47.4 Å². The van der Waals surface area contributed by atoms with Crippen LogP contribution in [0.25, 0.3) is 0 Å². The molecule has 0 aromatic carbocycles. The van der Waals surface area contributed by atoms with E-state index in [1.165, 1.54) is 12.8 Å². The maximum atomic E-state index is 12.8. The van der Waals surface area contributed by atoms with Gasteiger partial charge in [-0.3, -0.25) is 9.48 Å². The van der Waals surface area contributed by atoms with E-state index >= 15 is 0 Å². The number of piperidine rings is 1. The molecule has 5 nitrogen and oxygen atoms in total. The first-order valence-corrected chi connectivity index (χ1v) is 7.50. The zero-order chi connectivity index (χ0) is 14.4. The summed E-state index contributed by atoms with van der Waals surface area (Å²) in [5, 5.41) is 7.98. The minimum Gasteiger partial charge on any atom is -0.338 e. The molecule has 2 saturated heterocycles. The number of aromatic nitrogens is 2. The van der Waals surface area contributed by atoms with Gasteiger partial charge >= 0.3 is 0 Å². The van der Waals surface area contributed by atoms with E-state index < -0.39 is 0 Å². The molecule has 0 spiro atoms. The quantitative estimate of drug-likeness (QED) is 0.888. The second-order valence-electron chi connectivity index (χ2n) is 6.35. The van der Waals surface area contributed by atoms with Crippen LogP contribution >= 0.6 is 0 Å². The topological polar surface area (TPSA) is 50.2 Å². The number of nitrogens with one attached hydrogen (secondary N) is 1. The molecule has 2 fully saturated rings. The number of nitrogens with zero attached hydrogens (tertiary/aromatic N) is 3. The van der Waals surface area contributed by atoms with E-state index in [2.05, 4.69) is 10.4 Å². The highest BCUT2D eigenvalue weighted by molar-refractivity contribution is 5.96. The Kier molecular flexibility index (Phi) is 3.32. The van der Waals surface area contributed by atoms with Crippen molar-refractivity contribution in [1.82, 2.24) is 20.0 Å². The summed E-state index contributed by atoms with van der Waals surface area (Å²) in [4.78, 5) is 14.7. The van der Waals surface area contributed by atoms with Gasteiger partial charge in [0.2, 0.25) is 0 Å². The van der Waals surface area contributed by atoms with Crippen molar-refractivity contribution in [2.24, 2.45) is 7.05 Å². The minimum atomic E-state index is 0.124. The Morgan fingerprint density at radius 2 is 1.90 bits per heavy atom. The standard InChI is InChI=1S/C15H24N4O/c1-9-14(10(2)19(4)17-9)15(20)18(3)13-7-11-5-6-12(8-13)16-11/h11-13,16H,5-8H2,1-4H3. The Hall–Kier alpha value is -1.36. The van der Waals surface area contributed by atoms with Gasteiger partial charge in [0.05, 0.1) is 11.3 Å². The van der Waals surface area contributed by atoms with Gasteiger partial charge in [0.1, 0.15) is 0 Å². The lowest BCUT2D eigenvalue weighted by atomic mass is 9.97. The maximum Gasteiger partial charge on any atom is 0.257 e. The molecule has 1 amide bonds. The van der Waals surface area contributed by atoms with Crippen molar-refractivity contribution in [3.8, 4) is 0 Å². The Labute approximate surface area is 120 Å². The molecule has 110 valence electrons. The summed E-state index contributed by atoms with van der Waals surface area (Å²) in [6.07, 6.45) is 4.68. The lowest BCUT2D eigenvalue weighted by molar-refractivity contribution is 0.0680. The summed E-state index contributed by atoms with van der Waals surface area (Å²) in [6, 6.07) is 1.57. The fourth-order valence-electron chi connectivity index (χ4n) is 3.77. The molecule has 0 aliphatic carbocycles. The summed E-state index contributed by atoms with van der Waals surface area (Å²) in [5.41, 5.74) is 2.57. The molecule has 2 aliphatic rings. The predicted octanol–water partition coefficient (Wildman–Crippen LogP) is 1.39. The Balaban J connectivity index is 1.80. The third-order valence-corrected chi connectivity index (χ3v) is 5.04. The number of hydrogen-bond acceptors (Lipinski definition) is 3. The molecule has 1 aromatic rings. The lowest BCUT2D eigenvalue weighted by Crippen LogP contribution is -2.48. The number of aryl methyl sites for hydroxylation is 2. The highest BCUT2D eigenvalue weighted by atomic mass is 16.2. The first kappa shape index (κ1) is 13.6. The van der Waals surface area contributed by atoms with Gasteiger partial charge in [0, 0.05) is 37.9 Å². The van der Waals surface area contributed by atoms with Crippen molar-refractivity contribution in [2.45, 2.75) is 57.7 Å². The molecule has 3 heterocycles. The van der Waals surface area contributed by atoms with Gasteiger partial charge in [-0.2, -0.15) is 5.10 Å². The number of carbonyl (C=O) groups is 1. The van der Waals surface area contributed by atoms with E-state index in [0.717, 1.165) is 29.8 Å². The third-order valence-electron chi connectivity index (χ3n) is 5.04. The van der Waals surface area contributed by atoms with Crippen molar-refractivity contribution in [1.29, 1.82) is 0 Å². The van der Waals surface area contributed by atoms with E-state index in [4.69, 9.17) is 0 Å². The zero-order valence-electron chi connectivity index (χ0n) is 12.8. The van der Waals surface area contributed by atoms with Gasteiger partial charge in [-0.25, -0.2) is 0 Å². The normalized spacial score (nSPS) is 28.7. The summed E-state index contributed by atoms with van der Waals surface area (Å²) in [7, 11) is 3.84. The fraction of sp³-hybridized carbons (Fsp3) is 0.733. The van der Waals surface area contributed by atoms with E-state index in [0.29, 0.717) is 18.1 Å². The Morgan fingerprint density at radius 3 is 2.40 bits per heavy atom. The van der Waals surface area contributed by atoms with E-state index in [1.54, 1.807) is 4.68 Å². The van der Waals surface area contributed by atoms with E-state index in [1.807, 2.05) is 32.8 Å². The van der Waals surface area contributed by atoms with Crippen LogP contribution in [0.3, 0.4) is 0 Å². The molecule has 0 saturated carbocycles. The second-order valence-corrected chi connectivity index (χ2v) is 6.35. The van der Waals surface area contributed by atoms with Gasteiger partial charge in [-0.1, -0.05) is 0 Å². The molecule has 20 heavy (non-hydrogen) atoms. The smallest absolute Gasteiger partial charge is 0.257 e. The maximum absolute atomic E-state index is 12.8. The molecule has 0 radical (unpaired) electrons. The van der Waals surface area contributed by atoms with Crippen molar-refractivity contribution < 1.29 is 4.79 Å². The predicted molar refractivity (Wildman–Crippen MR) is 77.7 cm³/mol. The van der Waals surface area contributed by atoms with Crippen LogP contribution in [-0.4, -0.2) is 45.8 Å². The molecular formula is C15H24N4O. The third kappa shape index (κ3) is 2.14. The van der Waals surface area contributed by atoms with E-state index in [-0.39, 0.29) is 5.91 Å². The van der Waals surface area contributed by atoms with Gasteiger partial charge in [0.25, 0.3) is 5.91 Å². The van der Waals surface area contributed by atoms with Gasteiger partial charge in [-0.05, 0) is 39.5 Å². The van der Waals surface area contributed by atoms with Crippen LogP contribution in [0.4, 0.5) is 0 Å². The highest BCUT2D eigenvalue weighted by Gasteiger charge is 2.37. The first-order valence-electron chi connectivity index (χ1n) is 7.50. The van der Waals surface area contributed by atoms with Crippen LogP contribution in [0.5, 0.6) is 0 Å². The van der Waals surface area contributed by atoms with Crippen LogP contribution in [0.2, 0.25) is 0 Å². The average Bonchev–Trinajstić information content (AvgIpc) is 2.88. The highest BCUT2D eigenvalue weighted by Crippen LogP contribution is 2.30. The molecule has 2 unspecified atom stereocenters. The Bertz CT molecular complexity index is 524. The number of carbonyl (C=O) groups excluding carboxylic acids is 1. The van der Waals surface area contributed by atoms with E-state index in [9.17, 15) is 4.79 Å². The fourth-order valence-corrected chi connectivity index (χ4v) is 3.77. The minimum absolute atomic E-state index is 0.124. The number of hydrogen-bond donors (Lipinski definition) is 1. The molecule has 2 bridgehead atoms. The number of amides is 1. The lowest BCUT2D eigenvalue weighted by Gasteiger charge is -2.35. The molecular weight excluding hydrogens is 252 g/mol. The zero-order valence-corrected chi connectivity index (χ0v) is 12.8. The largest absolute Gasteiger partial charge is 0.338 e. The molecule has 1 N–H and O–H groups in total. The summed E-state index contributed by atoms with van der Waals surface area (Å²) in [5.74, 6) is 0.124.